The van der Waals surface area contributed by atoms with Crippen LogP contribution in [0.1, 0.15) is 12.5 Å². The quantitative estimate of drug-likeness (QED) is 0.587. The molecule has 0 amide bonds. The summed E-state index contributed by atoms with van der Waals surface area (Å²) >= 11 is 3.43. The smallest absolute Gasteiger partial charge is 0.268 e. The second-order valence-corrected chi connectivity index (χ2v) is 9.38. The largest absolute Gasteiger partial charge is 0.384 e. The summed E-state index contributed by atoms with van der Waals surface area (Å²) in [5.41, 5.74) is 2.36. The molecule has 0 saturated heterocycles. The van der Waals surface area contributed by atoms with Gasteiger partial charge in [0.25, 0.3) is 10.0 Å². The van der Waals surface area contributed by atoms with E-state index in [2.05, 4.69) is 26.1 Å². The van der Waals surface area contributed by atoms with Crippen molar-refractivity contribution in [2.45, 2.75) is 18.2 Å². The van der Waals surface area contributed by atoms with Gasteiger partial charge < -0.3 is 10.2 Å². The van der Waals surface area contributed by atoms with Crippen LogP contribution in [-0.2, 0) is 16.4 Å². The van der Waals surface area contributed by atoms with Gasteiger partial charge in [0.1, 0.15) is 0 Å². The highest BCUT2D eigenvalue weighted by Gasteiger charge is 2.23. The Balaban J connectivity index is 2.05. The van der Waals surface area contributed by atoms with E-state index in [4.69, 9.17) is 0 Å². The van der Waals surface area contributed by atoms with E-state index >= 15 is 0 Å². The Kier molecular flexibility index (Phi) is 5.93. The van der Waals surface area contributed by atoms with Crippen LogP contribution in [-0.4, -0.2) is 44.5 Å². The summed E-state index contributed by atoms with van der Waals surface area (Å²) < 4.78 is 29.1. The number of hydrogen-bond donors (Lipinski definition) is 1. The van der Waals surface area contributed by atoms with Gasteiger partial charge in [0.2, 0.25) is 0 Å². The highest BCUT2D eigenvalue weighted by molar-refractivity contribution is 9.10. The van der Waals surface area contributed by atoms with Crippen molar-refractivity contribution in [1.82, 2.24) is 8.87 Å². The Morgan fingerprint density at radius 1 is 1.15 bits per heavy atom. The zero-order chi connectivity index (χ0) is 19.6. The van der Waals surface area contributed by atoms with E-state index in [1.54, 1.807) is 18.3 Å². The first kappa shape index (κ1) is 19.9. The minimum Gasteiger partial charge on any atom is -0.384 e. The van der Waals surface area contributed by atoms with E-state index < -0.39 is 10.0 Å². The summed E-state index contributed by atoms with van der Waals surface area (Å²) in [6.07, 6.45) is 2.25. The lowest BCUT2D eigenvalue weighted by Gasteiger charge is -2.17. The average Bonchev–Trinajstić information content (AvgIpc) is 3.04. The molecule has 27 heavy (non-hydrogen) atoms. The van der Waals surface area contributed by atoms with Crippen LogP contribution in [0.15, 0.2) is 58.0 Å². The summed E-state index contributed by atoms with van der Waals surface area (Å²) in [6, 6.07) is 12.8. The highest BCUT2D eigenvalue weighted by atomic mass is 79.9. The van der Waals surface area contributed by atoms with E-state index in [9.17, 15) is 8.42 Å². The molecule has 5 nitrogen and oxygen atoms in total. The van der Waals surface area contributed by atoms with Crippen molar-refractivity contribution < 1.29 is 8.42 Å². The molecule has 0 aliphatic heterocycles. The molecule has 2 aromatic carbocycles. The first-order valence-corrected chi connectivity index (χ1v) is 11.1. The molecule has 3 rings (SSSR count). The van der Waals surface area contributed by atoms with E-state index in [0.29, 0.717) is 16.8 Å². The van der Waals surface area contributed by atoms with Gasteiger partial charge in [-0.05, 0) is 62.5 Å². The minimum atomic E-state index is -3.69. The number of nitrogens with zero attached hydrogens (tertiary/aromatic N) is 2. The van der Waals surface area contributed by atoms with Crippen LogP contribution < -0.4 is 5.32 Å². The van der Waals surface area contributed by atoms with E-state index in [1.165, 1.54) is 3.97 Å². The number of hydrogen-bond acceptors (Lipinski definition) is 4. The van der Waals surface area contributed by atoms with Gasteiger partial charge in [-0.1, -0.05) is 28.9 Å². The van der Waals surface area contributed by atoms with Crippen molar-refractivity contribution in [2.75, 3.05) is 32.5 Å². The van der Waals surface area contributed by atoms with Gasteiger partial charge in [-0.25, -0.2) is 12.4 Å². The zero-order valence-electron chi connectivity index (χ0n) is 15.7. The number of likely N-dealkylation sites (N-methyl/N-ethyl adjacent to an activating group) is 1. The fourth-order valence-corrected chi connectivity index (χ4v) is 5.21. The molecule has 3 aromatic rings. The summed E-state index contributed by atoms with van der Waals surface area (Å²) in [5, 5.41) is 4.26. The van der Waals surface area contributed by atoms with Crippen LogP contribution in [0.4, 0.5) is 5.69 Å². The lowest BCUT2D eigenvalue weighted by molar-refractivity contribution is 0.425. The van der Waals surface area contributed by atoms with Gasteiger partial charge >= 0.3 is 0 Å². The monoisotopic (exact) mass is 449 g/mol. The van der Waals surface area contributed by atoms with Crippen molar-refractivity contribution in [3.63, 3.8) is 0 Å². The fourth-order valence-electron chi connectivity index (χ4n) is 3.16. The van der Waals surface area contributed by atoms with Crippen LogP contribution in [0.3, 0.4) is 0 Å². The Labute approximate surface area is 169 Å². The minimum absolute atomic E-state index is 0.347. The van der Waals surface area contributed by atoms with Crippen LogP contribution in [0.25, 0.3) is 10.9 Å². The predicted molar refractivity (Wildman–Crippen MR) is 115 cm³/mol. The van der Waals surface area contributed by atoms with Crippen LogP contribution >= 0.6 is 15.9 Å². The van der Waals surface area contributed by atoms with Gasteiger partial charge in [0.15, 0.2) is 0 Å². The molecule has 144 valence electrons. The van der Waals surface area contributed by atoms with Gasteiger partial charge in [0.05, 0.1) is 10.4 Å². The summed E-state index contributed by atoms with van der Waals surface area (Å²) in [7, 11) is 0.335. The van der Waals surface area contributed by atoms with Crippen molar-refractivity contribution in [1.29, 1.82) is 0 Å². The molecule has 0 radical (unpaired) electrons. The summed E-state index contributed by atoms with van der Waals surface area (Å²) in [6.45, 7) is 3.61. The number of rotatable bonds is 7. The van der Waals surface area contributed by atoms with Crippen molar-refractivity contribution >= 4 is 42.5 Å². The SMILES string of the molecule is CCc1c(NCCN(C)C)cccc1S(=O)(=O)n1ccc2cc(Br)ccc21. The van der Waals surface area contributed by atoms with Gasteiger partial charge in [0, 0.05) is 34.8 Å². The Morgan fingerprint density at radius 2 is 1.93 bits per heavy atom. The maximum Gasteiger partial charge on any atom is 0.268 e. The van der Waals surface area contributed by atoms with Crippen LogP contribution in [0.5, 0.6) is 0 Å². The van der Waals surface area contributed by atoms with Gasteiger partial charge in [-0.2, -0.15) is 0 Å². The third-order valence-electron chi connectivity index (χ3n) is 4.51. The van der Waals surface area contributed by atoms with Crippen LogP contribution in [0.2, 0.25) is 0 Å². The molecule has 0 spiro atoms. The molecule has 1 aromatic heterocycles. The Hall–Kier alpha value is -1.83. The molecule has 1 N–H and O–H groups in total. The number of benzene rings is 2. The highest BCUT2D eigenvalue weighted by Crippen LogP contribution is 2.29. The Bertz CT molecular complexity index is 1060. The number of halogens is 1. The molecular weight excluding hydrogens is 426 g/mol. The van der Waals surface area contributed by atoms with E-state index in [-0.39, 0.29) is 0 Å². The Morgan fingerprint density at radius 3 is 2.63 bits per heavy atom. The molecule has 0 atom stereocenters. The predicted octanol–water partition coefficient (Wildman–Crippen LogP) is 4.18. The first-order valence-electron chi connectivity index (χ1n) is 8.87. The van der Waals surface area contributed by atoms with E-state index in [0.717, 1.165) is 34.2 Å². The summed E-state index contributed by atoms with van der Waals surface area (Å²) in [5.74, 6) is 0. The van der Waals surface area contributed by atoms with Crippen LogP contribution in [0, 0.1) is 0 Å². The zero-order valence-corrected chi connectivity index (χ0v) is 18.1. The molecule has 0 fully saturated rings. The average molecular weight is 450 g/mol. The van der Waals surface area contributed by atoms with Gasteiger partial charge in [-0.15, -0.1) is 0 Å². The lowest BCUT2D eigenvalue weighted by atomic mass is 10.1. The third-order valence-corrected chi connectivity index (χ3v) is 6.78. The topological polar surface area (TPSA) is 54.3 Å². The molecular formula is C20H24BrN3O2S. The van der Waals surface area contributed by atoms with Crippen molar-refractivity contribution in [2.24, 2.45) is 0 Å². The van der Waals surface area contributed by atoms with Gasteiger partial charge in [-0.3, -0.25) is 0 Å². The lowest BCUT2D eigenvalue weighted by Crippen LogP contribution is -2.22. The third kappa shape index (κ3) is 4.05. The first-order chi connectivity index (χ1) is 12.8. The van der Waals surface area contributed by atoms with E-state index in [1.807, 2.05) is 51.4 Å². The standard InChI is InChI=1S/C20H24BrN3O2S/c1-4-17-18(22-11-13-23(2)3)6-5-7-20(17)27(25,26)24-12-10-15-14-16(21)8-9-19(15)24/h5-10,12,14,22H,4,11,13H2,1-3H3. The molecule has 0 unspecified atom stereocenters. The number of aromatic nitrogens is 1. The second kappa shape index (κ2) is 8.04. The molecule has 1 heterocycles. The summed E-state index contributed by atoms with van der Waals surface area (Å²) in [4.78, 5) is 2.43. The number of anilines is 1. The normalized spacial score (nSPS) is 12.0. The second-order valence-electron chi connectivity index (χ2n) is 6.69. The fraction of sp³-hybridized carbons (Fsp3) is 0.300. The maximum atomic E-state index is 13.4. The molecule has 0 bridgehead atoms. The number of nitrogens with one attached hydrogen (secondary N) is 1. The molecule has 7 heteroatoms. The number of fused-ring (bicyclic) bond motifs is 1. The molecule has 0 aliphatic carbocycles. The molecule has 0 aliphatic rings. The van der Waals surface area contributed by atoms with Crippen molar-refractivity contribution in [3.05, 3.63) is 58.7 Å². The van der Waals surface area contributed by atoms with Crippen molar-refractivity contribution in [3.8, 4) is 0 Å². The maximum absolute atomic E-state index is 13.4. The molecule has 0 saturated carbocycles.